The van der Waals surface area contributed by atoms with Crippen LogP contribution in [0.4, 0.5) is 13.2 Å². The van der Waals surface area contributed by atoms with E-state index in [1.54, 1.807) is 0 Å². The van der Waals surface area contributed by atoms with Crippen molar-refractivity contribution in [3.63, 3.8) is 0 Å². The fourth-order valence-electron chi connectivity index (χ4n) is 0.762. The van der Waals surface area contributed by atoms with Crippen LogP contribution in [0.5, 0.6) is 0 Å². The molecule has 0 amide bonds. The van der Waals surface area contributed by atoms with Crippen LogP contribution < -0.4 is 0 Å². The first-order chi connectivity index (χ1) is 5.52. The maximum atomic E-state index is 12.5. The first-order valence-corrected chi connectivity index (χ1v) is 4.12. The van der Waals surface area contributed by atoms with E-state index in [1.807, 2.05) is 0 Å². The number of hydrogen-bond donors (Lipinski definition) is 0. The maximum Gasteiger partial charge on any atom is 0.266 e. The van der Waals surface area contributed by atoms with Gasteiger partial charge in [0.1, 0.15) is 5.82 Å². The van der Waals surface area contributed by atoms with E-state index in [0.717, 1.165) is 12.1 Å². The summed E-state index contributed by atoms with van der Waals surface area (Å²) in [6.07, 6.45) is -2.70. The third-order valence-corrected chi connectivity index (χ3v) is 2.23. The van der Waals surface area contributed by atoms with Crippen LogP contribution in [-0.2, 0) is 0 Å². The van der Waals surface area contributed by atoms with Gasteiger partial charge in [0, 0.05) is 4.47 Å². The van der Waals surface area contributed by atoms with E-state index in [0.29, 0.717) is 0 Å². The Balaban J connectivity index is 3.28. The van der Waals surface area contributed by atoms with Crippen molar-refractivity contribution in [3.8, 4) is 0 Å². The van der Waals surface area contributed by atoms with Gasteiger partial charge in [-0.05, 0) is 12.1 Å². The molecule has 0 saturated carbocycles. The van der Waals surface area contributed by atoms with Gasteiger partial charge in [-0.3, -0.25) is 0 Å². The number of alkyl halides is 2. The molecule has 1 rings (SSSR count). The second kappa shape index (κ2) is 3.66. The van der Waals surface area contributed by atoms with Crippen molar-refractivity contribution < 1.29 is 13.2 Å². The average Bonchev–Trinajstić information content (AvgIpc) is 1.82. The van der Waals surface area contributed by atoms with Crippen LogP contribution in [0.3, 0.4) is 0 Å². The quantitative estimate of drug-likeness (QED) is 0.710. The summed E-state index contributed by atoms with van der Waals surface area (Å²) >= 11 is 8.17. The summed E-state index contributed by atoms with van der Waals surface area (Å²) in [6, 6.07) is 1.81. The molecule has 0 saturated heterocycles. The molecule has 0 fully saturated rings. The molecule has 0 aromatic heterocycles. The summed E-state index contributed by atoms with van der Waals surface area (Å²) in [4.78, 5) is 0. The van der Waals surface area contributed by atoms with Gasteiger partial charge >= 0.3 is 0 Å². The Morgan fingerprint density at radius 3 is 2.33 bits per heavy atom. The second-order valence-electron chi connectivity index (χ2n) is 2.08. The Morgan fingerprint density at radius 2 is 1.92 bits per heavy atom. The minimum absolute atomic E-state index is 0.0116. The van der Waals surface area contributed by atoms with Crippen LogP contribution in [0.2, 0.25) is 5.02 Å². The molecule has 0 bridgehead atoms. The normalized spacial score (nSPS) is 10.8. The maximum absolute atomic E-state index is 12.5. The van der Waals surface area contributed by atoms with E-state index >= 15 is 0 Å². The van der Waals surface area contributed by atoms with Gasteiger partial charge in [-0.15, -0.1) is 0 Å². The molecule has 0 nitrogen and oxygen atoms in total. The van der Waals surface area contributed by atoms with Gasteiger partial charge in [0.25, 0.3) is 6.43 Å². The molecule has 0 aliphatic carbocycles. The van der Waals surface area contributed by atoms with Crippen LogP contribution in [0.15, 0.2) is 16.6 Å². The molecule has 0 heterocycles. The Labute approximate surface area is 80.5 Å². The SMILES string of the molecule is Fc1cc(Cl)c(C(F)F)c(Br)c1. The first kappa shape index (κ1) is 9.86. The Kier molecular flexibility index (Phi) is 3.01. The molecule has 0 atom stereocenters. The highest BCUT2D eigenvalue weighted by Crippen LogP contribution is 2.34. The number of halogens is 5. The monoisotopic (exact) mass is 258 g/mol. The molecule has 0 unspecified atom stereocenters. The lowest BCUT2D eigenvalue weighted by atomic mass is 10.2. The highest BCUT2D eigenvalue weighted by atomic mass is 79.9. The number of hydrogen-bond acceptors (Lipinski definition) is 0. The molecule has 1 aromatic carbocycles. The van der Waals surface area contributed by atoms with Crippen molar-refractivity contribution in [2.75, 3.05) is 0 Å². The summed E-state index contributed by atoms with van der Waals surface area (Å²) < 4.78 is 36.9. The van der Waals surface area contributed by atoms with Crippen molar-refractivity contribution in [2.24, 2.45) is 0 Å². The standard InChI is InChI=1S/C7H3BrClF3/c8-4-1-3(10)2-5(9)6(4)7(11)12/h1-2,7H. The van der Waals surface area contributed by atoms with E-state index in [-0.39, 0.29) is 15.1 Å². The van der Waals surface area contributed by atoms with Crippen molar-refractivity contribution in [1.29, 1.82) is 0 Å². The molecule has 0 spiro atoms. The molecule has 5 heteroatoms. The zero-order chi connectivity index (χ0) is 9.30. The summed E-state index contributed by atoms with van der Waals surface area (Å²) in [5.41, 5.74) is -0.377. The fourth-order valence-corrected chi connectivity index (χ4v) is 1.77. The number of benzene rings is 1. The molecular weight excluding hydrogens is 256 g/mol. The van der Waals surface area contributed by atoms with Gasteiger partial charge in [-0.25, -0.2) is 13.2 Å². The predicted molar refractivity (Wildman–Crippen MR) is 44.1 cm³/mol. The van der Waals surface area contributed by atoms with Crippen molar-refractivity contribution in [3.05, 3.63) is 33.0 Å². The topological polar surface area (TPSA) is 0 Å². The van der Waals surface area contributed by atoms with Gasteiger partial charge in [-0.2, -0.15) is 0 Å². The summed E-state index contributed by atoms with van der Waals surface area (Å²) in [6.45, 7) is 0. The van der Waals surface area contributed by atoms with Crippen LogP contribution in [0, 0.1) is 5.82 Å². The highest BCUT2D eigenvalue weighted by molar-refractivity contribution is 9.10. The van der Waals surface area contributed by atoms with E-state index in [9.17, 15) is 13.2 Å². The molecular formula is C7H3BrClF3. The largest absolute Gasteiger partial charge is 0.266 e. The fraction of sp³-hybridized carbons (Fsp3) is 0.143. The highest BCUT2D eigenvalue weighted by Gasteiger charge is 2.16. The van der Waals surface area contributed by atoms with Crippen molar-refractivity contribution >= 4 is 27.5 Å². The van der Waals surface area contributed by atoms with Crippen LogP contribution >= 0.6 is 27.5 Å². The average molecular weight is 259 g/mol. The van der Waals surface area contributed by atoms with Crippen LogP contribution in [0.1, 0.15) is 12.0 Å². The van der Waals surface area contributed by atoms with E-state index in [1.165, 1.54) is 0 Å². The summed E-state index contributed by atoms with van der Waals surface area (Å²) in [7, 11) is 0. The third kappa shape index (κ3) is 1.93. The first-order valence-electron chi connectivity index (χ1n) is 2.95. The minimum atomic E-state index is -2.70. The molecule has 0 aliphatic rings. The zero-order valence-corrected chi connectivity index (χ0v) is 7.96. The van der Waals surface area contributed by atoms with E-state index in [4.69, 9.17) is 11.6 Å². The van der Waals surface area contributed by atoms with Gasteiger partial charge in [0.2, 0.25) is 0 Å². The summed E-state index contributed by atoms with van der Waals surface area (Å²) in [5, 5.41) is -0.267. The van der Waals surface area contributed by atoms with Gasteiger partial charge in [0.15, 0.2) is 0 Å². The van der Waals surface area contributed by atoms with Gasteiger partial charge < -0.3 is 0 Å². The Morgan fingerprint density at radius 1 is 1.33 bits per heavy atom. The lowest BCUT2D eigenvalue weighted by Crippen LogP contribution is -1.89. The van der Waals surface area contributed by atoms with Crippen molar-refractivity contribution in [1.82, 2.24) is 0 Å². The van der Waals surface area contributed by atoms with Crippen LogP contribution in [-0.4, -0.2) is 0 Å². The van der Waals surface area contributed by atoms with Crippen molar-refractivity contribution in [2.45, 2.75) is 6.43 Å². The lowest BCUT2D eigenvalue weighted by molar-refractivity contribution is 0.150. The molecule has 0 radical (unpaired) electrons. The zero-order valence-electron chi connectivity index (χ0n) is 5.62. The third-order valence-electron chi connectivity index (χ3n) is 1.26. The smallest absolute Gasteiger partial charge is 0.207 e. The molecule has 12 heavy (non-hydrogen) atoms. The lowest BCUT2D eigenvalue weighted by Gasteiger charge is -2.05. The minimum Gasteiger partial charge on any atom is -0.207 e. The second-order valence-corrected chi connectivity index (χ2v) is 3.35. The predicted octanol–water partition coefficient (Wildman–Crippen LogP) is 4.18. The van der Waals surface area contributed by atoms with Gasteiger partial charge in [-0.1, -0.05) is 27.5 Å². The molecule has 1 aromatic rings. The Bertz CT molecular complexity index is 278. The van der Waals surface area contributed by atoms with Gasteiger partial charge in [0.05, 0.1) is 10.6 Å². The summed E-state index contributed by atoms with van der Waals surface area (Å²) in [5.74, 6) is -0.642. The number of rotatable bonds is 1. The van der Waals surface area contributed by atoms with E-state index < -0.39 is 12.2 Å². The Hall–Kier alpha value is -0.220. The molecule has 0 aliphatic heterocycles. The molecule has 66 valence electrons. The van der Waals surface area contributed by atoms with E-state index in [2.05, 4.69) is 15.9 Å². The molecule has 0 N–H and O–H groups in total. The van der Waals surface area contributed by atoms with Crippen LogP contribution in [0.25, 0.3) is 0 Å².